The molecule has 0 spiro atoms. The molecule has 0 aliphatic rings. The van der Waals surface area contributed by atoms with Crippen LogP contribution in [0, 0.1) is 0 Å². The highest BCUT2D eigenvalue weighted by molar-refractivity contribution is 5.88. The van der Waals surface area contributed by atoms with Gasteiger partial charge in [0.25, 0.3) is 0 Å². The summed E-state index contributed by atoms with van der Waals surface area (Å²) in [5.41, 5.74) is 0.712. The van der Waals surface area contributed by atoms with Crippen molar-refractivity contribution in [1.82, 2.24) is 9.97 Å². The van der Waals surface area contributed by atoms with Crippen molar-refractivity contribution >= 4 is 22.4 Å². The van der Waals surface area contributed by atoms with Gasteiger partial charge in [-0.1, -0.05) is 36.4 Å². The van der Waals surface area contributed by atoms with Gasteiger partial charge in [-0.2, -0.15) is 4.98 Å². The molecule has 4 rings (SSSR count). The topological polar surface area (TPSA) is 93.2 Å². The number of anilines is 2. The summed E-state index contributed by atoms with van der Waals surface area (Å²) in [5, 5.41) is 5.30. The molecule has 0 aliphatic carbocycles. The first kappa shape index (κ1) is 26.2. The Morgan fingerprint density at radius 3 is 2.35 bits per heavy atom. The zero-order chi connectivity index (χ0) is 25.7. The SMILES string of the molecule is COCCOCCOCCOc1cc(Nc2nccc(Oc3cccc4ccccc34)n2)cc(OC)c1. The molecule has 194 valence electrons. The molecule has 0 radical (unpaired) electrons. The first-order valence-electron chi connectivity index (χ1n) is 12.0. The van der Waals surface area contributed by atoms with Crippen LogP contribution in [0.15, 0.2) is 72.9 Å². The number of nitrogens with zero attached hydrogens (tertiary/aromatic N) is 2. The predicted octanol–water partition coefficient (Wildman–Crippen LogP) is 5.23. The quantitative estimate of drug-likeness (QED) is 0.218. The molecule has 1 aromatic heterocycles. The van der Waals surface area contributed by atoms with Crippen molar-refractivity contribution in [3.63, 3.8) is 0 Å². The van der Waals surface area contributed by atoms with Gasteiger partial charge in [0.1, 0.15) is 23.9 Å². The summed E-state index contributed by atoms with van der Waals surface area (Å²) >= 11 is 0. The van der Waals surface area contributed by atoms with E-state index < -0.39 is 0 Å². The van der Waals surface area contributed by atoms with Gasteiger partial charge >= 0.3 is 0 Å². The Balaban J connectivity index is 1.34. The van der Waals surface area contributed by atoms with E-state index in [2.05, 4.69) is 15.3 Å². The predicted molar refractivity (Wildman–Crippen MR) is 141 cm³/mol. The number of rotatable bonds is 15. The molecule has 0 aliphatic heterocycles. The summed E-state index contributed by atoms with van der Waals surface area (Å²) in [6, 6.07) is 21.2. The number of nitrogens with one attached hydrogen (secondary N) is 1. The Bertz CT molecular complexity index is 1260. The van der Waals surface area contributed by atoms with Gasteiger partial charge in [-0.05, 0) is 11.5 Å². The van der Waals surface area contributed by atoms with Crippen molar-refractivity contribution in [2.75, 3.05) is 59.2 Å². The van der Waals surface area contributed by atoms with Crippen molar-refractivity contribution < 1.29 is 28.4 Å². The molecule has 0 bridgehead atoms. The monoisotopic (exact) mass is 505 g/mol. The van der Waals surface area contributed by atoms with Crippen LogP contribution in [-0.4, -0.2) is 63.8 Å². The highest BCUT2D eigenvalue weighted by Crippen LogP contribution is 2.30. The van der Waals surface area contributed by atoms with Gasteiger partial charge in [0.15, 0.2) is 0 Å². The fraction of sp³-hybridized carbons (Fsp3) is 0.286. The van der Waals surface area contributed by atoms with Crippen molar-refractivity contribution in [1.29, 1.82) is 0 Å². The van der Waals surface area contributed by atoms with Crippen LogP contribution in [0.25, 0.3) is 10.8 Å². The minimum atomic E-state index is 0.383. The van der Waals surface area contributed by atoms with Crippen LogP contribution < -0.4 is 19.5 Å². The molecule has 9 heteroatoms. The third kappa shape index (κ3) is 8.04. The lowest BCUT2D eigenvalue weighted by molar-refractivity contribution is 0.0179. The van der Waals surface area contributed by atoms with E-state index in [-0.39, 0.29) is 0 Å². The Hall–Kier alpha value is -3.92. The van der Waals surface area contributed by atoms with E-state index in [0.717, 1.165) is 16.5 Å². The maximum Gasteiger partial charge on any atom is 0.230 e. The van der Waals surface area contributed by atoms with Crippen LogP contribution in [0.3, 0.4) is 0 Å². The van der Waals surface area contributed by atoms with Gasteiger partial charge < -0.3 is 33.7 Å². The van der Waals surface area contributed by atoms with Crippen molar-refractivity contribution in [2.24, 2.45) is 0 Å². The van der Waals surface area contributed by atoms with Crippen LogP contribution in [0.1, 0.15) is 0 Å². The highest BCUT2D eigenvalue weighted by atomic mass is 16.6. The van der Waals surface area contributed by atoms with Crippen LogP contribution in [0.5, 0.6) is 23.1 Å². The summed E-state index contributed by atoms with van der Waals surface area (Å²) in [5.74, 6) is 2.80. The third-order valence-electron chi connectivity index (χ3n) is 5.27. The maximum absolute atomic E-state index is 6.08. The molecule has 1 N–H and O–H groups in total. The Kier molecular flexibility index (Phi) is 9.88. The van der Waals surface area contributed by atoms with E-state index in [0.29, 0.717) is 68.7 Å². The second-order valence-corrected chi connectivity index (χ2v) is 7.89. The molecule has 0 saturated heterocycles. The zero-order valence-electron chi connectivity index (χ0n) is 21.0. The smallest absolute Gasteiger partial charge is 0.230 e. The molecule has 37 heavy (non-hydrogen) atoms. The van der Waals surface area contributed by atoms with Gasteiger partial charge in [0, 0.05) is 48.6 Å². The summed E-state index contributed by atoms with van der Waals surface area (Å²) in [6.07, 6.45) is 1.64. The summed E-state index contributed by atoms with van der Waals surface area (Å²) < 4.78 is 33.2. The van der Waals surface area contributed by atoms with Crippen molar-refractivity contribution in [3.8, 4) is 23.1 Å². The standard InChI is InChI=1S/C28H31N3O6/c1-32-12-13-34-14-15-35-16-17-36-24-19-22(18-23(20-24)33-2)30-28-29-11-10-27(31-28)37-26-9-5-7-21-6-3-4-8-25(21)26/h3-11,18-20H,12-17H2,1-2H3,(H,29,30,31). The number of aromatic nitrogens is 2. The van der Waals surface area contributed by atoms with Crippen LogP contribution in [0.4, 0.5) is 11.6 Å². The average molecular weight is 506 g/mol. The van der Waals surface area contributed by atoms with E-state index in [4.69, 9.17) is 28.4 Å². The Labute approximate surface area is 216 Å². The van der Waals surface area contributed by atoms with E-state index in [9.17, 15) is 0 Å². The van der Waals surface area contributed by atoms with Gasteiger partial charge in [-0.25, -0.2) is 4.98 Å². The van der Waals surface area contributed by atoms with E-state index in [1.165, 1.54) is 0 Å². The molecular formula is C28H31N3O6. The van der Waals surface area contributed by atoms with E-state index in [1.807, 2.05) is 54.6 Å². The lowest BCUT2D eigenvalue weighted by Gasteiger charge is -2.13. The normalized spacial score (nSPS) is 10.9. The largest absolute Gasteiger partial charge is 0.497 e. The van der Waals surface area contributed by atoms with Crippen LogP contribution in [-0.2, 0) is 14.2 Å². The Morgan fingerprint density at radius 1 is 0.757 bits per heavy atom. The van der Waals surface area contributed by atoms with Gasteiger partial charge in [0.2, 0.25) is 11.8 Å². The fourth-order valence-electron chi connectivity index (χ4n) is 3.51. The molecule has 9 nitrogen and oxygen atoms in total. The summed E-state index contributed by atoms with van der Waals surface area (Å²) in [4.78, 5) is 8.83. The van der Waals surface area contributed by atoms with Crippen LogP contribution >= 0.6 is 0 Å². The Morgan fingerprint density at radius 2 is 1.51 bits per heavy atom. The molecule has 0 fully saturated rings. The lowest BCUT2D eigenvalue weighted by atomic mass is 10.1. The summed E-state index contributed by atoms with van der Waals surface area (Å²) in [7, 11) is 3.24. The second-order valence-electron chi connectivity index (χ2n) is 7.89. The second kappa shape index (κ2) is 14.0. The minimum Gasteiger partial charge on any atom is -0.497 e. The number of hydrogen-bond acceptors (Lipinski definition) is 9. The van der Waals surface area contributed by atoms with Crippen molar-refractivity contribution in [3.05, 3.63) is 72.9 Å². The van der Waals surface area contributed by atoms with Crippen LogP contribution in [0.2, 0.25) is 0 Å². The number of fused-ring (bicyclic) bond motifs is 1. The molecule has 4 aromatic rings. The molecule has 1 heterocycles. The van der Waals surface area contributed by atoms with Gasteiger partial charge in [-0.15, -0.1) is 0 Å². The molecule has 0 atom stereocenters. The van der Waals surface area contributed by atoms with Gasteiger partial charge in [-0.3, -0.25) is 0 Å². The maximum atomic E-state index is 6.08. The van der Waals surface area contributed by atoms with Gasteiger partial charge in [0.05, 0.1) is 40.1 Å². The molecular weight excluding hydrogens is 474 g/mol. The number of hydrogen-bond donors (Lipinski definition) is 1. The minimum absolute atomic E-state index is 0.383. The summed E-state index contributed by atoms with van der Waals surface area (Å²) in [6.45, 7) is 2.95. The zero-order valence-corrected chi connectivity index (χ0v) is 21.0. The fourth-order valence-corrected chi connectivity index (χ4v) is 3.51. The highest BCUT2D eigenvalue weighted by Gasteiger charge is 2.08. The van der Waals surface area contributed by atoms with E-state index in [1.54, 1.807) is 32.5 Å². The first-order valence-corrected chi connectivity index (χ1v) is 12.0. The molecule has 0 unspecified atom stereocenters. The average Bonchev–Trinajstić information content (AvgIpc) is 2.92. The molecule has 0 amide bonds. The number of methoxy groups -OCH3 is 2. The molecule has 0 saturated carbocycles. The molecule has 3 aromatic carbocycles. The number of benzene rings is 3. The first-order chi connectivity index (χ1) is 18.2. The lowest BCUT2D eigenvalue weighted by Crippen LogP contribution is -2.12. The number of ether oxygens (including phenoxy) is 6. The van der Waals surface area contributed by atoms with Crippen molar-refractivity contribution in [2.45, 2.75) is 0 Å². The third-order valence-corrected chi connectivity index (χ3v) is 5.27. The van der Waals surface area contributed by atoms with E-state index >= 15 is 0 Å².